The van der Waals surface area contributed by atoms with Crippen LogP contribution in [0, 0.1) is 5.92 Å². The van der Waals surface area contributed by atoms with E-state index in [1.807, 2.05) is 44.2 Å². The molecule has 0 unspecified atom stereocenters. The number of nitrogens with zero attached hydrogens (tertiary/aromatic N) is 2. The zero-order valence-corrected chi connectivity index (χ0v) is 45.7. The number of nitrogens with one attached hydrogen (secondary N) is 6. The molecule has 11 N–H and O–H groups in total. The number of aliphatic hydroxyl groups is 1. The van der Waals surface area contributed by atoms with Crippen LogP contribution in [0.25, 0.3) is 0 Å². The number of ether oxygens (including phenoxy) is 3. The summed E-state index contributed by atoms with van der Waals surface area (Å²) in [6, 6.07) is 17.5. The highest BCUT2D eigenvalue weighted by molar-refractivity contribution is 5.97. The fraction of sp³-hybridized carbons (Fsp3) is 0.518. The average Bonchev–Trinajstić information content (AvgIpc) is 3.90. The number of aliphatic imine (C=N–C) groups is 1. The van der Waals surface area contributed by atoms with Crippen molar-refractivity contribution < 1.29 is 57.7 Å². The molecule has 6 atom stereocenters. The quantitative estimate of drug-likeness (QED) is 0.0201. The Balaban J connectivity index is 1.63. The molecule has 1 saturated heterocycles. The van der Waals surface area contributed by atoms with Gasteiger partial charge in [-0.25, -0.2) is 4.79 Å². The second-order valence-corrected chi connectivity index (χ2v) is 20.4. The molecule has 22 heteroatoms. The highest BCUT2D eigenvalue weighted by Crippen LogP contribution is 2.21. The van der Waals surface area contributed by atoms with E-state index in [-0.39, 0.29) is 82.4 Å². The second-order valence-electron chi connectivity index (χ2n) is 20.4. The lowest BCUT2D eigenvalue weighted by Crippen LogP contribution is -2.60. The third-order valence-corrected chi connectivity index (χ3v) is 12.3. The molecule has 0 bridgehead atoms. The van der Waals surface area contributed by atoms with E-state index in [9.17, 15) is 43.5 Å². The molecular weight excluding hydrogens is 1000 g/mol. The Morgan fingerprint density at radius 2 is 1.27 bits per heavy atom. The molecule has 426 valence electrons. The molecular formula is C56H80N10O12. The SMILES string of the molecule is CCNC(=O)[C@@H]1CCCN1C(=O)[C@H](CCCN=C(N)N)NC(=O)[C@H](CC(C)C)NC(=O)[C@@H](CCCC(=O)OC(C)(C)C)NC(=O)[C@H](Cc1ccc(OCc2ccccc2)cc1)NC(=O)[C@H](CO)NC(=O)OCc1ccccc1. The lowest BCUT2D eigenvalue weighted by Gasteiger charge is -2.30. The first kappa shape index (κ1) is 62.8. The van der Waals surface area contributed by atoms with E-state index in [1.165, 1.54) is 4.90 Å². The molecule has 1 fully saturated rings. The third-order valence-electron chi connectivity index (χ3n) is 12.3. The van der Waals surface area contributed by atoms with Gasteiger partial charge in [-0.15, -0.1) is 0 Å². The van der Waals surface area contributed by atoms with Crippen molar-refractivity contribution in [1.82, 2.24) is 36.8 Å². The van der Waals surface area contributed by atoms with E-state index >= 15 is 0 Å². The molecule has 0 spiro atoms. The smallest absolute Gasteiger partial charge is 0.408 e. The zero-order valence-electron chi connectivity index (χ0n) is 45.7. The lowest BCUT2D eigenvalue weighted by atomic mass is 10.00. The van der Waals surface area contributed by atoms with Crippen LogP contribution in [0.2, 0.25) is 0 Å². The molecule has 0 saturated carbocycles. The second kappa shape index (κ2) is 32.1. The maximum Gasteiger partial charge on any atom is 0.408 e. The van der Waals surface area contributed by atoms with Crippen LogP contribution in [0.15, 0.2) is 89.9 Å². The largest absolute Gasteiger partial charge is 0.489 e. The van der Waals surface area contributed by atoms with E-state index in [1.54, 1.807) is 82.3 Å². The molecule has 0 radical (unpaired) electrons. The normalized spacial score (nSPS) is 15.0. The van der Waals surface area contributed by atoms with Gasteiger partial charge in [0.05, 0.1) is 6.61 Å². The van der Waals surface area contributed by atoms with Crippen LogP contribution >= 0.6 is 0 Å². The lowest BCUT2D eigenvalue weighted by molar-refractivity contribution is -0.155. The summed E-state index contributed by atoms with van der Waals surface area (Å²) in [6.07, 6.45) is 0.0295. The summed E-state index contributed by atoms with van der Waals surface area (Å²) in [5.74, 6) is -4.52. The van der Waals surface area contributed by atoms with Crippen LogP contribution in [0.3, 0.4) is 0 Å². The number of alkyl carbamates (subject to hydrolysis) is 1. The Hall–Kier alpha value is -7.75. The van der Waals surface area contributed by atoms with E-state index in [0.29, 0.717) is 42.9 Å². The van der Waals surface area contributed by atoms with E-state index in [4.69, 9.17) is 25.7 Å². The van der Waals surface area contributed by atoms with Crippen LogP contribution in [0.4, 0.5) is 4.79 Å². The predicted molar refractivity (Wildman–Crippen MR) is 292 cm³/mol. The summed E-state index contributed by atoms with van der Waals surface area (Å²) >= 11 is 0. The van der Waals surface area contributed by atoms with E-state index < -0.39 is 90.1 Å². The maximum absolute atomic E-state index is 14.7. The Labute approximate surface area is 456 Å². The van der Waals surface area contributed by atoms with Crippen molar-refractivity contribution in [2.45, 2.75) is 154 Å². The van der Waals surface area contributed by atoms with Gasteiger partial charge in [0.25, 0.3) is 0 Å². The number of carbonyl (C=O) groups excluding carboxylic acids is 8. The number of likely N-dealkylation sites (tertiary alicyclic amines) is 1. The summed E-state index contributed by atoms with van der Waals surface area (Å²) in [6.45, 7) is 10.6. The number of benzene rings is 3. The summed E-state index contributed by atoms with van der Waals surface area (Å²) < 4.78 is 16.7. The van der Waals surface area contributed by atoms with Crippen molar-refractivity contribution in [1.29, 1.82) is 0 Å². The molecule has 78 heavy (non-hydrogen) atoms. The van der Waals surface area contributed by atoms with Gasteiger partial charge < -0.3 is 67.6 Å². The first-order valence-corrected chi connectivity index (χ1v) is 26.6. The van der Waals surface area contributed by atoms with Gasteiger partial charge in [-0.3, -0.25) is 38.6 Å². The molecule has 3 aromatic carbocycles. The number of likely N-dealkylation sites (N-methyl/N-ethyl adjacent to an activating group) is 1. The monoisotopic (exact) mass is 1080 g/mol. The summed E-state index contributed by atoms with van der Waals surface area (Å²) in [5.41, 5.74) is 12.4. The number of esters is 1. The van der Waals surface area contributed by atoms with Crippen molar-refractivity contribution >= 4 is 53.5 Å². The van der Waals surface area contributed by atoms with Gasteiger partial charge in [0.1, 0.15) is 60.8 Å². The first-order valence-electron chi connectivity index (χ1n) is 26.6. The van der Waals surface area contributed by atoms with E-state index in [0.717, 1.165) is 5.56 Å². The Bertz CT molecular complexity index is 2450. The minimum Gasteiger partial charge on any atom is -0.489 e. The molecule has 1 heterocycles. The van der Waals surface area contributed by atoms with Gasteiger partial charge in [0.2, 0.25) is 35.4 Å². The predicted octanol–water partition coefficient (Wildman–Crippen LogP) is 2.77. The van der Waals surface area contributed by atoms with Gasteiger partial charge in [-0.05, 0) is 107 Å². The first-order chi connectivity index (χ1) is 37.2. The Morgan fingerprint density at radius 3 is 1.87 bits per heavy atom. The molecule has 0 aliphatic carbocycles. The minimum absolute atomic E-state index is 0.0341. The Kier molecular flexibility index (Phi) is 25.8. The fourth-order valence-corrected chi connectivity index (χ4v) is 8.47. The van der Waals surface area contributed by atoms with Gasteiger partial charge in [0, 0.05) is 32.5 Å². The average molecular weight is 1090 g/mol. The molecule has 1 aliphatic rings. The zero-order chi connectivity index (χ0) is 57.2. The van der Waals surface area contributed by atoms with Crippen LogP contribution in [0.5, 0.6) is 5.75 Å². The summed E-state index contributed by atoms with van der Waals surface area (Å²) in [5, 5.41) is 26.4. The fourth-order valence-electron chi connectivity index (χ4n) is 8.47. The molecule has 7 amide bonds. The number of hydrogen-bond acceptors (Lipinski definition) is 13. The van der Waals surface area contributed by atoms with Gasteiger partial charge in [-0.1, -0.05) is 86.6 Å². The third kappa shape index (κ3) is 22.5. The number of nitrogens with two attached hydrogens (primary N) is 2. The number of rotatable bonds is 30. The van der Waals surface area contributed by atoms with Crippen molar-refractivity contribution in [3.8, 4) is 5.75 Å². The van der Waals surface area contributed by atoms with Crippen molar-refractivity contribution in [3.63, 3.8) is 0 Å². The molecule has 4 rings (SSSR count). The molecule has 22 nitrogen and oxygen atoms in total. The Morgan fingerprint density at radius 1 is 0.705 bits per heavy atom. The van der Waals surface area contributed by atoms with Crippen molar-refractivity contribution in [2.24, 2.45) is 22.4 Å². The topological polar surface area (TPSA) is 324 Å². The van der Waals surface area contributed by atoms with Crippen LogP contribution in [-0.2, 0) is 62.7 Å². The highest BCUT2D eigenvalue weighted by atomic mass is 16.6. The standard InChI is InChI=1S/C56H80N10O12/c1-7-59-52(73)46-23-16-30-66(46)53(74)42(22-15-29-60-54(57)58)62-49(70)43(31-36(2)3)63-48(69)41(21-14-24-47(68)78-56(4,5)6)61-50(71)44(32-37-25-27-40(28-26-37)76-34-38-17-10-8-11-18-38)64-51(72)45(33-67)65-55(75)77-35-39-19-12-9-13-20-39/h8-13,17-20,25-28,36,41-46,67H,7,14-16,21-24,29-35H2,1-6H3,(H,59,73)(H,61,71)(H,62,70)(H,63,69)(H,64,72)(H,65,75)(H4,57,58,60)/t41-,42+,43+,44+,45+,46+/m1/s1. The molecule has 1 aliphatic heterocycles. The van der Waals surface area contributed by atoms with Crippen molar-refractivity contribution in [3.05, 3.63) is 102 Å². The number of guanidine groups is 1. The minimum atomic E-state index is -1.58. The highest BCUT2D eigenvalue weighted by Gasteiger charge is 2.39. The van der Waals surface area contributed by atoms with Gasteiger partial charge in [-0.2, -0.15) is 0 Å². The van der Waals surface area contributed by atoms with Crippen LogP contribution < -0.4 is 48.1 Å². The van der Waals surface area contributed by atoms with Crippen molar-refractivity contribution in [2.75, 3.05) is 26.2 Å². The number of hydrogen-bond donors (Lipinski definition) is 9. The number of carbonyl (C=O) groups is 8. The number of amides is 7. The van der Waals surface area contributed by atoms with E-state index in [2.05, 4.69) is 36.9 Å². The van der Waals surface area contributed by atoms with Gasteiger partial charge in [0.15, 0.2) is 5.96 Å². The number of aliphatic hydroxyl groups excluding tert-OH is 1. The van der Waals surface area contributed by atoms with Gasteiger partial charge >= 0.3 is 12.1 Å². The molecule has 3 aromatic rings. The summed E-state index contributed by atoms with van der Waals surface area (Å²) in [4.78, 5) is 116. The summed E-state index contributed by atoms with van der Waals surface area (Å²) in [7, 11) is 0. The maximum atomic E-state index is 14.7. The van der Waals surface area contributed by atoms with Crippen LogP contribution in [0.1, 0.15) is 110 Å². The molecule has 0 aromatic heterocycles. The van der Waals surface area contributed by atoms with Crippen LogP contribution in [-0.4, -0.2) is 132 Å².